The predicted molar refractivity (Wildman–Crippen MR) is 53.0 cm³/mol. The van der Waals surface area contributed by atoms with Crippen LogP contribution in [0, 0.1) is 17.8 Å². The zero-order valence-corrected chi connectivity index (χ0v) is 8.66. The normalized spacial score (nSPS) is 41.0. The average molecular weight is 241 g/mol. The molecule has 0 aliphatic heterocycles. The van der Waals surface area contributed by atoms with Crippen LogP contribution in [0.25, 0.3) is 0 Å². The Balaban J connectivity index is 2.36. The zero-order chi connectivity index (χ0) is 13.0. The van der Waals surface area contributed by atoms with Gasteiger partial charge in [-0.15, -0.1) is 0 Å². The summed E-state index contributed by atoms with van der Waals surface area (Å²) in [4.78, 5) is 32.5. The van der Waals surface area contributed by atoms with Crippen molar-refractivity contribution in [3.05, 3.63) is 11.6 Å². The van der Waals surface area contributed by atoms with E-state index in [1.165, 1.54) is 0 Å². The molecule has 2 rings (SSSR count). The fraction of sp³-hybridized carbons (Fsp3) is 0.500. The fourth-order valence-electron chi connectivity index (χ4n) is 2.82. The summed E-state index contributed by atoms with van der Waals surface area (Å²) in [7, 11) is 0. The molecule has 0 spiro atoms. The molecule has 2 aliphatic rings. The highest BCUT2D eigenvalue weighted by Crippen LogP contribution is 2.64. The van der Waals surface area contributed by atoms with Gasteiger partial charge in [0.25, 0.3) is 0 Å². The second-order valence-electron chi connectivity index (χ2n) is 4.50. The molecular weight excluding hydrogens is 230 g/mol. The number of carboxylic acid groups (broad SMARTS) is 3. The Bertz CT molecular complexity index is 456. The third-order valence-electron chi connectivity index (χ3n) is 3.53. The van der Waals surface area contributed by atoms with E-state index in [9.17, 15) is 14.4 Å². The highest BCUT2D eigenvalue weighted by molar-refractivity contribution is 5.89. The van der Waals surface area contributed by atoms with Crippen LogP contribution in [0.15, 0.2) is 11.6 Å². The summed E-state index contributed by atoms with van der Waals surface area (Å²) in [6, 6.07) is 0. The Morgan fingerprint density at radius 3 is 2.29 bits per heavy atom. The number of rotatable bonds is 3. The second-order valence-corrected chi connectivity index (χ2v) is 4.50. The lowest BCUT2D eigenvalue weighted by molar-refractivity contribution is -0.145. The van der Waals surface area contributed by atoms with Crippen LogP contribution in [0.3, 0.4) is 0 Å². The van der Waals surface area contributed by atoms with E-state index < -0.39 is 41.2 Å². The van der Waals surface area contributed by atoms with Crippen molar-refractivity contribution in [2.24, 2.45) is 23.5 Å². The van der Waals surface area contributed by atoms with Crippen molar-refractivity contribution in [2.75, 3.05) is 0 Å². The van der Waals surface area contributed by atoms with Gasteiger partial charge in [-0.1, -0.05) is 5.57 Å². The minimum Gasteiger partial charge on any atom is -0.481 e. The monoisotopic (exact) mass is 241 g/mol. The summed E-state index contributed by atoms with van der Waals surface area (Å²) in [5.74, 6) is -5.77. The van der Waals surface area contributed by atoms with E-state index in [0.29, 0.717) is 5.57 Å². The highest BCUT2D eigenvalue weighted by atomic mass is 16.4. The Morgan fingerprint density at radius 1 is 1.29 bits per heavy atom. The third kappa shape index (κ3) is 1.50. The number of carbonyl (C=O) groups is 3. The van der Waals surface area contributed by atoms with Crippen molar-refractivity contribution >= 4 is 17.9 Å². The van der Waals surface area contributed by atoms with Gasteiger partial charge >= 0.3 is 17.9 Å². The Labute approximate surface area is 95.5 Å². The van der Waals surface area contributed by atoms with Crippen molar-refractivity contribution in [3.63, 3.8) is 0 Å². The summed E-state index contributed by atoms with van der Waals surface area (Å²) in [5.41, 5.74) is 4.33. The molecule has 0 amide bonds. The smallest absolute Gasteiger partial charge is 0.328 e. The Morgan fingerprint density at radius 2 is 1.88 bits per heavy atom. The summed E-state index contributed by atoms with van der Waals surface area (Å²) in [6.07, 6.45) is 0.770. The van der Waals surface area contributed by atoms with E-state index in [2.05, 4.69) is 0 Å². The SMILES string of the molecule is NC1(C(=O)O)CC(=CC(=O)O)C2C(C(=O)O)C21. The molecule has 0 saturated heterocycles. The molecule has 0 heterocycles. The largest absolute Gasteiger partial charge is 0.481 e. The van der Waals surface area contributed by atoms with Crippen LogP contribution in [0.2, 0.25) is 0 Å². The van der Waals surface area contributed by atoms with Gasteiger partial charge in [0.2, 0.25) is 0 Å². The molecule has 4 atom stereocenters. The van der Waals surface area contributed by atoms with Crippen molar-refractivity contribution in [1.29, 1.82) is 0 Å². The fourth-order valence-corrected chi connectivity index (χ4v) is 2.82. The van der Waals surface area contributed by atoms with Gasteiger partial charge < -0.3 is 21.1 Å². The number of carboxylic acids is 3. The van der Waals surface area contributed by atoms with Crippen molar-refractivity contribution in [3.8, 4) is 0 Å². The van der Waals surface area contributed by atoms with E-state index in [4.69, 9.17) is 21.1 Å². The van der Waals surface area contributed by atoms with Crippen LogP contribution >= 0.6 is 0 Å². The first kappa shape index (κ1) is 11.6. The van der Waals surface area contributed by atoms with Gasteiger partial charge in [-0.2, -0.15) is 0 Å². The van der Waals surface area contributed by atoms with Gasteiger partial charge in [0, 0.05) is 17.9 Å². The first-order chi connectivity index (χ1) is 7.79. The van der Waals surface area contributed by atoms with Crippen LogP contribution in [0.4, 0.5) is 0 Å². The molecule has 7 nitrogen and oxygen atoms in total. The minimum atomic E-state index is -1.66. The molecule has 5 N–H and O–H groups in total. The number of aliphatic carboxylic acids is 3. The highest BCUT2D eigenvalue weighted by Gasteiger charge is 2.72. The third-order valence-corrected chi connectivity index (χ3v) is 3.53. The predicted octanol–water partition coefficient (Wildman–Crippen LogP) is -0.870. The number of fused-ring (bicyclic) bond motifs is 1. The Kier molecular flexibility index (Phi) is 2.25. The van der Waals surface area contributed by atoms with Crippen molar-refractivity contribution < 1.29 is 29.7 Å². The summed E-state index contributed by atoms with van der Waals surface area (Å²) in [5, 5.41) is 26.6. The summed E-state index contributed by atoms with van der Waals surface area (Å²) >= 11 is 0. The van der Waals surface area contributed by atoms with Crippen LogP contribution < -0.4 is 5.73 Å². The van der Waals surface area contributed by atoms with Crippen LogP contribution in [-0.2, 0) is 14.4 Å². The molecule has 2 saturated carbocycles. The van der Waals surface area contributed by atoms with E-state index in [0.717, 1.165) is 6.08 Å². The Hall–Kier alpha value is -1.89. The lowest BCUT2D eigenvalue weighted by atomic mass is 9.90. The van der Waals surface area contributed by atoms with Crippen LogP contribution in [-0.4, -0.2) is 38.8 Å². The molecule has 4 unspecified atom stereocenters. The van der Waals surface area contributed by atoms with Gasteiger partial charge in [-0.05, 0) is 6.42 Å². The molecule has 7 heteroatoms. The summed E-state index contributed by atoms with van der Waals surface area (Å²) in [6.45, 7) is 0. The molecule has 92 valence electrons. The maximum Gasteiger partial charge on any atom is 0.328 e. The number of hydrogen-bond donors (Lipinski definition) is 4. The van der Waals surface area contributed by atoms with E-state index in [1.807, 2.05) is 0 Å². The van der Waals surface area contributed by atoms with Crippen LogP contribution in [0.5, 0.6) is 0 Å². The lowest BCUT2D eigenvalue weighted by Crippen LogP contribution is -2.49. The van der Waals surface area contributed by atoms with Crippen molar-refractivity contribution in [1.82, 2.24) is 0 Å². The molecule has 0 radical (unpaired) electrons. The molecule has 0 bridgehead atoms. The minimum absolute atomic E-state index is 0.103. The molecule has 2 aliphatic carbocycles. The molecule has 2 fully saturated rings. The number of hydrogen-bond acceptors (Lipinski definition) is 4. The summed E-state index contributed by atoms with van der Waals surface area (Å²) < 4.78 is 0. The quantitative estimate of drug-likeness (QED) is 0.471. The standard InChI is InChI=1S/C10H11NO6/c11-10(9(16)17)2-3(1-4(12)13)5-6(7(5)10)8(14)15/h1,5-7H,2,11H2,(H,12,13)(H,14,15)(H,16,17). The lowest BCUT2D eigenvalue weighted by Gasteiger charge is -2.21. The van der Waals surface area contributed by atoms with Gasteiger partial charge in [-0.3, -0.25) is 9.59 Å². The molecule has 0 aromatic heterocycles. The maximum absolute atomic E-state index is 11.1. The van der Waals surface area contributed by atoms with Crippen LogP contribution in [0.1, 0.15) is 6.42 Å². The number of nitrogens with two attached hydrogens (primary N) is 1. The van der Waals surface area contributed by atoms with Gasteiger partial charge in [0.15, 0.2) is 0 Å². The van der Waals surface area contributed by atoms with Gasteiger partial charge in [0.1, 0.15) is 5.54 Å². The topological polar surface area (TPSA) is 138 Å². The molecule has 17 heavy (non-hydrogen) atoms. The second kappa shape index (κ2) is 3.30. The van der Waals surface area contributed by atoms with Gasteiger partial charge in [-0.25, -0.2) is 4.79 Å². The molecule has 0 aromatic rings. The van der Waals surface area contributed by atoms with Crippen molar-refractivity contribution in [2.45, 2.75) is 12.0 Å². The van der Waals surface area contributed by atoms with Gasteiger partial charge in [0.05, 0.1) is 5.92 Å². The average Bonchev–Trinajstić information content (AvgIpc) is 2.84. The molecular formula is C10H11NO6. The zero-order valence-electron chi connectivity index (χ0n) is 8.66. The first-order valence-corrected chi connectivity index (χ1v) is 4.97. The van der Waals surface area contributed by atoms with E-state index in [1.54, 1.807) is 0 Å². The first-order valence-electron chi connectivity index (χ1n) is 4.97. The van der Waals surface area contributed by atoms with E-state index >= 15 is 0 Å². The van der Waals surface area contributed by atoms with E-state index in [-0.39, 0.29) is 6.42 Å². The maximum atomic E-state index is 11.1. The molecule has 0 aromatic carbocycles.